The molecule has 1 aliphatic rings. The first-order valence-electron chi connectivity index (χ1n) is 8.93. The highest BCUT2D eigenvalue weighted by atomic mass is 16.6. The summed E-state index contributed by atoms with van der Waals surface area (Å²) in [6.07, 6.45) is 5.49. The van der Waals surface area contributed by atoms with Crippen molar-refractivity contribution in [3.05, 3.63) is 56.4 Å². The Bertz CT molecular complexity index is 930. The van der Waals surface area contributed by atoms with Gasteiger partial charge in [0, 0.05) is 6.07 Å². The third kappa shape index (κ3) is 4.72. The highest BCUT2D eigenvalue weighted by Gasteiger charge is 2.28. The van der Waals surface area contributed by atoms with E-state index in [4.69, 9.17) is 4.74 Å². The molecule has 2 N–H and O–H groups in total. The highest BCUT2D eigenvalue weighted by molar-refractivity contribution is 5.98. The molecule has 3 rings (SSSR count). The van der Waals surface area contributed by atoms with Crippen molar-refractivity contribution in [3.8, 4) is 5.88 Å². The van der Waals surface area contributed by atoms with Gasteiger partial charge >= 0.3 is 5.69 Å². The van der Waals surface area contributed by atoms with Crippen LogP contribution in [0.15, 0.2) is 30.6 Å². The first kappa shape index (κ1) is 19.9. The minimum Gasteiger partial charge on any atom is -0.469 e. The van der Waals surface area contributed by atoms with Crippen LogP contribution in [0.25, 0.3) is 0 Å². The molecule has 0 atom stereocenters. The number of carbonyl (C=O) groups excluding carboxylic acids is 1. The van der Waals surface area contributed by atoms with Gasteiger partial charge in [-0.25, -0.2) is 4.98 Å². The average Bonchev–Trinajstić information content (AvgIpc) is 2.72. The van der Waals surface area contributed by atoms with Crippen molar-refractivity contribution in [2.45, 2.75) is 38.2 Å². The lowest BCUT2D eigenvalue weighted by atomic mass is 9.98. The summed E-state index contributed by atoms with van der Waals surface area (Å²) < 4.78 is 5.70. The molecule has 1 aromatic carbocycles. The fourth-order valence-electron chi connectivity index (χ4n) is 3.05. The molecule has 1 fully saturated rings. The smallest absolute Gasteiger partial charge is 0.374 e. The van der Waals surface area contributed by atoms with Gasteiger partial charge in [0.05, 0.1) is 9.85 Å². The van der Waals surface area contributed by atoms with Gasteiger partial charge in [0.15, 0.2) is 0 Å². The number of hydrogen-bond acceptors (Lipinski definition) is 9. The zero-order valence-corrected chi connectivity index (χ0v) is 15.2. The number of nitro benzene ring substituents is 1. The minimum atomic E-state index is -0.847. The fourth-order valence-corrected chi connectivity index (χ4v) is 3.05. The predicted molar refractivity (Wildman–Crippen MR) is 100 cm³/mol. The molecule has 0 bridgehead atoms. The van der Waals surface area contributed by atoms with Crippen molar-refractivity contribution in [2.24, 2.45) is 0 Å². The first-order valence-corrected chi connectivity index (χ1v) is 8.93. The minimum absolute atomic E-state index is 0.174. The van der Waals surface area contributed by atoms with Crippen molar-refractivity contribution in [3.63, 3.8) is 0 Å². The maximum atomic E-state index is 12.3. The topological polar surface area (TPSA) is 162 Å². The number of nitrogens with zero attached hydrogens (tertiary/aromatic N) is 4. The molecule has 0 aliphatic heterocycles. The number of hydrazine groups is 1. The second-order valence-corrected chi connectivity index (χ2v) is 6.36. The number of carbonyl (C=O) groups is 1. The quantitative estimate of drug-likeness (QED) is 0.523. The van der Waals surface area contributed by atoms with Crippen LogP contribution in [0.5, 0.6) is 5.88 Å². The number of hydrogen-bond donors (Lipinski definition) is 2. The van der Waals surface area contributed by atoms with Crippen LogP contribution in [0.4, 0.5) is 17.2 Å². The number of benzene rings is 1. The molecule has 1 amide bonds. The molecule has 29 heavy (non-hydrogen) atoms. The normalized spacial score (nSPS) is 14.1. The van der Waals surface area contributed by atoms with Gasteiger partial charge in [0.25, 0.3) is 17.5 Å². The highest BCUT2D eigenvalue weighted by Crippen LogP contribution is 2.33. The van der Waals surface area contributed by atoms with E-state index in [0.717, 1.165) is 38.4 Å². The van der Waals surface area contributed by atoms with Crippen molar-refractivity contribution < 1.29 is 19.4 Å². The Labute approximate surface area is 164 Å². The van der Waals surface area contributed by atoms with Crippen molar-refractivity contribution in [1.82, 2.24) is 15.4 Å². The van der Waals surface area contributed by atoms with Crippen LogP contribution in [-0.4, -0.2) is 31.8 Å². The van der Waals surface area contributed by atoms with Crippen LogP contribution in [0.3, 0.4) is 0 Å². The SMILES string of the molecule is O=C(NNc1ncnc(OC2CCCCC2)c1[N+](=O)[O-])c1ccccc1[N+](=O)[O-]. The van der Waals surface area contributed by atoms with Gasteiger partial charge < -0.3 is 4.74 Å². The number of amides is 1. The van der Waals surface area contributed by atoms with Crippen molar-refractivity contribution in [2.75, 3.05) is 5.43 Å². The Morgan fingerprint density at radius 2 is 1.79 bits per heavy atom. The molecule has 1 saturated carbocycles. The van der Waals surface area contributed by atoms with Crippen molar-refractivity contribution >= 4 is 23.1 Å². The second-order valence-electron chi connectivity index (χ2n) is 6.36. The van der Waals surface area contributed by atoms with Crippen molar-refractivity contribution in [1.29, 1.82) is 0 Å². The maximum absolute atomic E-state index is 12.3. The van der Waals surface area contributed by atoms with Crippen LogP contribution in [-0.2, 0) is 0 Å². The summed E-state index contributed by atoms with van der Waals surface area (Å²) in [5.41, 5.74) is 3.40. The Kier molecular flexibility index (Phi) is 6.12. The van der Waals surface area contributed by atoms with Crippen LogP contribution in [0, 0.1) is 20.2 Å². The molecule has 12 heteroatoms. The average molecular weight is 402 g/mol. The number of nitrogens with one attached hydrogen (secondary N) is 2. The molecule has 2 aromatic rings. The van der Waals surface area contributed by atoms with E-state index < -0.39 is 27.1 Å². The van der Waals surface area contributed by atoms with Gasteiger partial charge in [0.2, 0.25) is 5.82 Å². The lowest BCUT2D eigenvalue weighted by molar-refractivity contribution is -0.385. The molecular weight excluding hydrogens is 384 g/mol. The van der Waals surface area contributed by atoms with Gasteiger partial charge in [-0.3, -0.25) is 35.9 Å². The predicted octanol–water partition coefficient (Wildman–Crippen LogP) is 2.76. The van der Waals surface area contributed by atoms with E-state index >= 15 is 0 Å². The standard InChI is InChI=1S/C17H18N6O6/c24-16(12-8-4-5-9-13(12)22(25)26)21-20-15-14(23(27)28)17(19-10-18-15)29-11-6-2-1-3-7-11/h4-5,8-11H,1-3,6-7H2,(H,21,24)(H,18,19,20). The summed E-state index contributed by atoms with van der Waals surface area (Å²) in [7, 11) is 0. The van der Waals surface area contributed by atoms with Crippen LogP contribution in [0.2, 0.25) is 0 Å². The van der Waals surface area contributed by atoms with Gasteiger partial charge in [0.1, 0.15) is 18.0 Å². The fraction of sp³-hybridized carbons (Fsp3) is 0.353. The number of anilines is 1. The van der Waals surface area contributed by atoms with Crippen LogP contribution < -0.4 is 15.6 Å². The molecule has 0 spiro atoms. The van der Waals surface area contributed by atoms with Gasteiger partial charge in [-0.2, -0.15) is 4.98 Å². The Morgan fingerprint density at radius 1 is 1.07 bits per heavy atom. The molecular formula is C17H18N6O6. The van der Waals surface area contributed by atoms with Gasteiger partial charge in [-0.05, 0) is 31.7 Å². The molecule has 0 radical (unpaired) electrons. The van der Waals surface area contributed by atoms with E-state index in [1.54, 1.807) is 0 Å². The van der Waals surface area contributed by atoms with Gasteiger partial charge in [-0.1, -0.05) is 18.6 Å². The number of rotatable bonds is 7. The maximum Gasteiger partial charge on any atom is 0.374 e. The Hall–Kier alpha value is -3.83. The Balaban J connectivity index is 1.78. The summed E-state index contributed by atoms with van der Waals surface area (Å²) in [5.74, 6) is -1.33. The van der Waals surface area contributed by atoms with Gasteiger partial charge in [-0.15, -0.1) is 0 Å². The van der Waals surface area contributed by atoms with E-state index in [9.17, 15) is 25.0 Å². The summed E-state index contributed by atoms with van der Waals surface area (Å²) >= 11 is 0. The zero-order valence-electron chi connectivity index (χ0n) is 15.2. The van der Waals surface area contributed by atoms with E-state index in [0.29, 0.717) is 0 Å². The molecule has 1 heterocycles. The molecule has 1 aliphatic carbocycles. The molecule has 12 nitrogen and oxygen atoms in total. The van der Waals surface area contributed by atoms with E-state index in [-0.39, 0.29) is 23.4 Å². The third-order valence-electron chi connectivity index (χ3n) is 4.44. The number of para-hydroxylation sites is 1. The Morgan fingerprint density at radius 3 is 2.48 bits per heavy atom. The molecule has 0 unspecified atom stereocenters. The molecule has 152 valence electrons. The summed E-state index contributed by atoms with van der Waals surface area (Å²) in [6.45, 7) is 0. The van der Waals surface area contributed by atoms with Crippen LogP contribution >= 0.6 is 0 Å². The summed E-state index contributed by atoms with van der Waals surface area (Å²) in [5, 5.41) is 22.6. The van der Waals surface area contributed by atoms with E-state index in [1.807, 2.05) is 0 Å². The second kappa shape index (κ2) is 8.91. The summed E-state index contributed by atoms with van der Waals surface area (Å²) in [4.78, 5) is 41.1. The largest absolute Gasteiger partial charge is 0.469 e. The summed E-state index contributed by atoms with van der Waals surface area (Å²) in [6, 6.07) is 5.33. The number of nitro groups is 2. The molecule has 1 aromatic heterocycles. The van der Waals surface area contributed by atoms with E-state index in [1.165, 1.54) is 24.3 Å². The number of ether oxygens (including phenoxy) is 1. The van der Waals surface area contributed by atoms with E-state index in [2.05, 4.69) is 20.8 Å². The van der Waals surface area contributed by atoms with Crippen LogP contribution in [0.1, 0.15) is 42.5 Å². The lowest BCUT2D eigenvalue weighted by Crippen LogP contribution is -2.31. The monoisotopic (exact) mass is 402 g/mol. The number of aromatic nitrogens is 2. The first-order chi connectivity index (χ1) is 14.0. The zero-order chi connectivity index (χ0) is 20.8. The third-order valence-corrected chi connectivity index (χ3v) is 4.44. The lowest BCUT2D eigenvalue weighted by Gasteiger charge is -2.22. The molecule has 0 saturated heterocycles.